The molecule has 4 bridgehead atoms. The van der Waals surface area contributed by atoms with Crippen LogP contribution in [0.4, 0.5) is 11.4 Å². The molecule has 4 fully saturated rings. The van der Waals surface area contributed by atoms with E-state index in [1.807, 2.05) is 54.6 Å². The lowest BCUT2D eigenvalue weighted by Crippen LogP contribution is -2.48. The van der Waals surface area contributed by atoms with Crippen molar-refractivity contribution in [2.45, 2.75) is 51.4 Å². The Morgan fingerprint density at radius 1 is 0.788 bits per heavy atom. The highest BCUT2D eigenvalue weighted by molar-refractivity contribution is 7.80. The molecule has 0 heterocycles. The van der Waals surface area contributed by atoms with Crippen LogP contribution < -0.4 is 16.0 Å². The molecule has 0 aliphatic heterocycles. The second kappa shape index (κ2) is 9.26. The fourth-order valence-electron chi connectivity index (χ4n) is 6.80. The van der Waals surface area contributed by atoms with Crippen LogP contribution in [0.5, 0.6) is 0 Å². The Bertz CT molecular complexity index is 1000. The summed E-state index contributed by atoms with van der Waals surface area (Å²) in [5.74, 6) is 2.47. The Hall–Kier alpha value is -2.73. The van der Waals surface area contributed by atoms with E-state index < -0.39 is 0 Å². The van der Waals surface area contributed by atoms with E-state index in [-0.39, 0.29) is 17.2 Å². The van der Waals surface area contributed by atoms with Gasteiger partial charge in [-0.3, -0.25) is 9.59 Å². The molecule has 33 heavy (non-hydrogen) atoms. The fraction of sp³-hybridized carbons (Fsp3) is 0.444. The van der Waals surface area contributed by atoms with Crippen molar-refractivity contribution in [2.75, 3.05) is 10.6 Å². The van der Waals surface area contributed by atoms with E-state index in [1.165, 1.54) is 38.5 Å². The van der Waals surface area contributed by atoms with Gasteiger partial charge in [-0.2, -0.15) is 0 Å². The van der Waals surface area contributed by atoms with Gasteiger partial charge in [-0.05, 0) is 104 Å². The van der Waals surface area contributed by atoms with E-state index in [9.17, 15) is 9.59 Å². The molecule has 172 valence electrons. The van der Waals surface area contributed by atoms with Crippen LogP contribution >= 0.6 is 12.2 Å². The van der Waals surface area contributed by atoms with Crippen molar-refractivity contribution in [1.29, 1.82) is 0 Å². The van der Waals surface area contributed by atoms with Crippen molar-refractivity contribution >= 4 is 40.5 Å². The maximum Gasteiger partial charge on any atom is 0.228 e. The van der Waals surface area contributed by atoms with Gasteiger partial charge in [-0.1, -0.05) is 30.3 Å². The highest BCUT2D eigenvalue weighted by Crippen LogP contribution is 2.61. The lowest BCUT2D eigenvalue weighted by molar-refractivity contribution is -0.128. The van der Waals surface area contributed by atoms with Gasteiger partial charge in [0.25, 0.3) is 0 Å². The molecule has 0 aromatic heterocycles. The van der Waals surface area contributed by atoms with E-state index in [1.54, 1.807) is 0 Å². The summed E-state index contributed by atoms with van der Waals surface area (Å²) >= 11 is 5.38. The first-order valence-corrected chi connectivity index (χ1v) is 12.4. The largest absolute Gasteiger partial charge is 0.332 e. The van der Waals surface area contributed by atoms with Crippen LogP contribution in [-0.2, 0) is 16.0 Å². The molecule has 2 amide bonds. The predicted octanol–water partition coefficient (Wildman–Crippen LogP) is 5.29. The minimum atomic E-state index is -0.0608. The van der Waals surface area contributed by atoms with Crippen molar-refractivity contribution in [3.05, 3.63) is 60.2 Å². The maximum atomic E-state index is 12.8. The first kappa shape index (κ1) is 22.1. The third-order valence-electron chi connectivity index (χ3n) is 7.59. The number of carbonyl (C=O) groups is 2. The number of anilines is 2. The molecule has 2 aromatic carbocycles. The lowest BCUT2D eigenvalue weighted by atomic mass is 9.49. The minimum Gasteiger partial charge on any atom is -0.332 e. The maximum absolute atomic E-state index is 12.8. The fourth-order valence-corrected chi connectivity index (χ4v) is 7.04. The van der Waals surface area contributed by atoms with Crippen LogP contribution in [0.1, 0.15) is 50.5 Å². The number of hydrogen-bond donors (Lipinski definition) is 3. The third-order valence-corrected chi connectivity index (χ3v) is 7.79. The van der Waals surface area contributed by atoms with Gasteiger partial charge < -0.3 is 16.0 Å². The number of hydrogen-bond acceptors (Lipinski definition) is 3. The second-order valence-corrected chi connectivity index (χ2v) is 10.8. The van der Waals surface area contributed by atoms with Gasteiger partial charge in [-0.15, -0.1) is 0 Å². The summed E-state index contributed by atoms with van der Waals surface area (Å²) in [5, 5.41) is 9.21. The van der Waals surface area contributed by atoms with Gasteiger partial charge in [0.15, 0.2) is 5.11 Å². The zero-order chi connectivity index (χ0) is 22.8. The lowest BCUT2D eigenvalue weighted by Gasteiger charge is -2.56. The van der Waals surface area contributed by atoms with Crippen molar-refractivity contribution < 1.29 is 9.59 Å². The molecular formula is C27H31N3O2S. The van der Waals surface area contributed by atoms with Crippen molar-refractivity contribution in [1.82, 2.24) is 5.32 Å². The number of amides is 2. The molecule has 0 atom stereocenters. The van der Waals surface area contributed by atoms with Gasteiger partial charge in [-0.25, -0.2) is 0 Å². The van der Waals surface area contributed by atoms with Crippen LogP contribution in [0.15, 0.2) is 54.6 Å². The topological polar surface area (TPSA) is 70.2 Å². The quantitative estimate of drug-likeness (QED) is 0.512. The molecule has 4 saturated carbocycles. The molecule has 5 nitrogen and oxygen atoms in total. The number of thiocarbonyl (C=S) groups is 1. The molecule has 0 radical (unpaired) electrons. The molecule has 3 N–H and O–H groups in total. The monoisotopic (exact) mass is 461 g/mol. The SMILES string of the molecule is O=C(CC12CC3CC(CC(C3)C1)C2)NC(=S)Nc1ccc(NC(=O)Cc2ccccc2)cc1. The van der Waals surface area contributed by atoms with Crippen LogP contribution in [0.3, 0.4) is 0 Å². The van der Waals surface area contributed by atoms with E-state index in [0.717, 1.165) is 34.7 Å². The van der Waals surface area contributed by atoms with Crippen LogP contribution in [-0.4, -0.2) is 16.9 Å². The minimum absolute atomic E-state index is 0.0271. The van der Waals surface area contributed by atoms with E-state index in [0.29, 0.717) is 18.0 Å². The summed E-state index contributed by atoms with van der Waals surface area (Å²) in [6.07, 6.45) is 8.69. The molecule has 4 aliphatic carbocycles. The van der Waals surface area contributed by atoms with Crippen LogP contribution in [0, 0.1) is 23.2 Å². The van der Waals surface area contributed by atoms with Crippen molar-refractivity contribution in [3.63, 3.8) is 0 Å². The number of nitrogens with one attached hydrogen (secondary N) is 3. The van der Waals surface area contributed by atoms with Gasteiger partial charge >= 0.3 is 0 Å². The van der Waals surface area contributed by atoms with Gasteiger partial charge in [0.2, 0.25) is 11.8 Å². The molecule has 4 aliphatic rings. The zero-order valence-electron chi connectivity index (χ0n) is 18.8. The summed E-state index contributed by atoms with van der Waals surface area (Å²) in [6.45, 7) is 0. The molecule has 6 heteroatoms. The van der Waals surface area contributed by atoms with Gasteiger partial charge in [0.05, 0.1) is 6.42 Å². The standard InChI is InChI=1S/C27H31N3O2S/c31-24(13-18-4-2-1-3-5-18)28-22-6-8-23(9-7-22)29-26(33)30-25(32)17-27-14-19-10-20(15-27)12-21(11-19)16-27/h1-9,19-21H,10-17H2,(H,28,31)(H2,29,30,32,33). The average Bonchev–Trinajstić information content (AvgIpc) is 2.74. The van der Waals surface area contributed by atoms with Crippen LogP contribution in [0.25, 0.3) is 0 Å². The van der Waals surface area contributed by atoms with E-state index in [2.05, 4.69) is 16.0 Å². The normalized spacial score (nSPS) is 27.1. The molecule has 2 aromatic rings. The van der Waals surface area contributed by atoms with Crippen molar-refractivity contribution in [2.24, 2.45) is 23.2 Å². The van der Waals surface area contributed by atoms with E-state index in [4.69, 9.17) is 12.2 Å². The second-order valence-electron chi connectivity index (χ2n) is 10.4. The number of benzene rings is 2. The molecule has 0 saturated heterocycles. The van der Waals surface area contributed by atoms with Crippen LogP contribution in [0.2, 0.25) is 0 Å². The Kier molecular flexibility index (Phi) is 6.19. The summed E-state index contributed by atoms with van der Waals surface area (Å²) in [7, 11) is 0. The number of rotatable bonds is 6. The number of carbonyl (C=O) groups excluding carboxylic acids is 2. The average molecular weight is 462 g/mol. The first-order chi connectivity index (χ1) is 15.9. The Morgan fingerprint density at radius 2 is 1.33 bits per heavy atom. The molecule has 6 rings (SSSR count). The summed E-state index contributed by atoms with van der Waals surface area (Å²) in [5.41, 5.74) is 2.67. The van der Waals surface area contributed by atoms with Gasteiger partial charge in [0, 0.05) is 17.8 Å². The first-order valence-electron chi connectivity index (χ1n) is 12.0. The summed E-state index contributed by atoms with van der Waals surface area (Å²) < 4.78 is 0. The molecular weight excluding hydrogens is 430 g/mol. The van der Waals surface area contributed by atoms with E-state index >= 15 is 0 Å². The molecule has 0 spiro atoms. The summed E-state index contributed by atoms with van der Waals surface area (Å²) in [6, 6.07) is 17.0. The Labute approximate surface area is 200 Å². The summed E-state index contributed by atoms with van der Waals surface area (Å²) in [4.78, 5) is 25.0. The Balaban J connectivity index is 1.09. The Morgan fingerprint density at radius 3 is 1.91 bits per heavy atom. The highest BCUT2D eigenvalue weighted by atomic mass is 32.1. The smallest absolute Gasteiger partial charge is 0.228 e. The third kappa shape index (κ3) is 5.44. The van der Waals surface area contributed by atoms with Gasteiger partial charge in [0.1, 0.15) is 0 Å². The molecule has 0 unspecified atom stereocenters. The zero-order valence-corrected chi connectivity index (χ0v) is 19.6. The van der Waals surface area contributed by atoms with Crippen molar-refractivity contribution in [3.8, 4) is 0 Å². The predicted molar refractivity (Wildman–Crippen MR) is 135 cm³/mol. The highest BCUT2D eigenvalue weighted by Gasteiger charge is 2.51.